The number of aliphatic hydroxyl groups excluding tert-OH is 3. The van der Waals surface area contributed by atoms with Gasteiger partial charge in [-0.25, -0.2) is 0 Å². The van der Waals surface area contributed by atoms with Gasteiger partial charge in [0.25, 0.3) is 0 Å². The summed E-state index contributed by atoms with van der Waals surface area (Å²) in [7, 11) is 0. The average molecular weight is 603 g/mol. The number of carbonyl (C=O) groups excluding carboxylic acids is 1. The maximum atomic E-state index is 12.4. The van der Waals surface area contributed by atoms with Gasteiger partial charge in [0.05, 0.1) is 24.3 Å². The first-order valence-electron chi connectivity index (χ1n) is 15.2. The summed E-state index contributed by atoms with van der Waals surface area (Å²) in [6.07, 6.45) is 10.9. The van der Waals surface area contributed by atoms with E-state index in [-0.39, 0.29) is 50.3 Å². The number of aryl methyl sites for hydroxylation is 1. The van der Waals surface area contributed by atoms with E-state index in [0.717, 1.165) is 50.7 Å². The number of hydrogen-bond acceptors (Lipinski definition) is 8. The van der Waals surface area contributed by atoms with Crippen molar-refractivity contribution in [1.29, 1.82) is 0 Å². The van der Waals surface area contributed by atoms with Gasteiger partial charge >= 0.3 is 0 Å². The number of nitrogens with two attached hydrogens (primary N) is 1. The third-order valence-corrected chi connectivity index (χ3v) is 8.23. The summed E-state index contributed by atoms with van der Waals surface area (Å²) in [6, 6.07) is 8.92. The number of benzene rings is 2. The average Bonchev–Trinajstić information content (AvgIpc) is 3.57. The monoisotopic (exact) mass is 602 g/mol. The lowest BCUT2D eigenvalue weighted by atomic mass is 9.89. The Morgan fingerprint density at radius 2 is 1.98 bits per heavy atom. The summed E-state index contributed by atoms with van der Waals surface area (Å²) < 4.78 is 7.86. The first-order chi connectivity index (χ1) is 21.2. The van der Waals surface area contributed by atoms with Gasteiger partial charge in [-0.05, 0) is 77.1 Å². The van der Waals surface area contributed by atoms with Crippen molar-refractivity contribution in [3.63, 3.8) is 0 Å². The zero-order valence-corrected chi connectivity index (χ0v) is 25.0. The Labute approximate surface area is 256 Å². The SMILES string of the molecule is CCC[C@H](O)C[C@@H](O)CC(=O)CCc1ccc(O)c(OCn2cc3[nH]cc(Cc4c(CO)ccc5c4C=CN[C@H]5N)c3c2)c1. The number of carbonyl (C=O) groups is 1. The lowest BCUT2D eigenvalue weighted by Crippen LogP contribution is -2.28. The molecule has 1 aliphatic rings. The van der Waals surface area contributed by atoms with Crippen molar-refractivity contribution in [3.8, 4) is 11.5 Å². The van der Waals surface area contributed by atoms with Gasteiger partial charge in [0, 0.05) is 43.2 Å². The number of aromatic nitrogens is 2. The van der Waals surface area contributed by atoms with Gasteiger partial charge in [-0.2, -0.15) is 0 Å². The summed E-state index contributed by atoms with van der Waals surface area (Å²) in [5.41, 5.74) is 13.0. The smallest absolute Gasteiger partial charge is 0.165 e. The highest BCUT2D eigenvalue weighted by molar-refractivity contribution is 5.83. The number of Topliss-reactive ketones (excluding diaryl/α,β-unsaturated/α-hetero) is 1. The third kappa shape index (κ3) is 7.34. The molecule has 234 valence electrons. The molecular weight excluding hydrogens is 560 g/mol. The number of ether oxygens (including phenoxy) is 1. The van der Waals surface area contributed by atoms with E-state index in [1.54, 1.807) is 18.2 Å². The maximum Gasteiger partial charge on any atom is 0.165 e. The summed E-state index contributed by atoms with van der Waals surface area (Å²) in [6.45, 7) is 2.06. The molecule has 0 saturated carbocycles. The first kappa shape index (κ1) is 31.3. The van der Waals surface area contributed by atoms with Crippen molar-refractivity contribution in [2.45, 2.75) is 83.6 Å². The first-order valence-corrected chi connectivity index (χ1v) is 15.2. The van der Waals surface area contributed by atoms with E-state index in [4.69, 9.17) is 10.5 Å². The van der Waals surface area contributed by atoms with Gasteiger partial charge in [0.1, 0.15) is 11.9 Å². The highest BCUT2D eigenvalue weighted by atomic mass is 16.5. The predicted molar refractivity (Wildman–Crippen MR) is 169 cm³/mol. The molecule has 2 aromatic carbocycles. The van der Waals surface area contributed by atoms with E-state index in [9.17, 15) is 25.2 Å². The molecule has 0 fully saturated rings. The quantitative estimate of drug-likeness (QED) is 0.107. The van der Waals surface area contributed by atoms with Crippen LogP contribution < -0.4 is 15.8 Å². The number of nitrogens with zero attached hydrogens (tertiary/aromatic N) is 1. The lowest BCUT2D eigenvalue weighted by molar-refractivity contribution is -0.121. The Kier molecular flexibility index (Phi) is 10.1. The fourth-order valence-corrected chi connectivity index (χ4v) is 5.88. The predicted octanol–water partition coefficient (Wildman–Crippen LogP) is 4.13. The highest BCUT2D eigenvalue weighted by Crippen LogP contribution is 2.32. The second-order valence-corrected chi connectivity index (χ2v) is 11.6. The highest BCUT2D eigenvalue weighted by Gasteiger charge is 2.20. The third-order valence-electron chi connectivity index (χ3n) is 8.23. The number of fused-ring (bicyclic) bond motifs is 2. The molecule has 0 saturated heterocycles. The minimum Gasteiger partial charge on any atom is -0.504 e. The van der Waals surface area contributed by atoms with Gasteiger partial charge in [-0.15, -0.1) is 0 Å². The number of H-pyrrole nitrogens is 1. The van der Waals surface area contributed by atoms with Crippen LogP contribution in [0.5, 0.6) is 11.5 Å². The molecule has 8 N–H and O–H groups in total. The van der Waals surface area contributed by atoms with Crippen LogP contribution in [-0.4, -0.2) is 48.0 Å². The lowest BCUT2D eigenvalue weighted by Gasteiger charge is -2.23. The van der Waals surface area contributed by atoms with Crippen LogP contribution in [0.4, 0.5) is 0 Å². The van der Waals surface area contributed by atoms with Gasteiger partial charge < -0.3 is 45.8 Å². The number of ketones is 1. The van der Waals surface area contributed by atoms with Gasteiger partial charge in [-0.3, -0.25) is 4.79 Å². The molecule has 0 radical (unpaired) electrons. The van der Waals surface area contributed by atoms with E-state index in [0.29, 0.717) is 25.0 Å². The Hall–Kier alpha value is -4.09. The Bertz CT molecular complexity index is 1620. The fourth-order valence-electron chi connectivity index (χ4n) is 5.88. The molecule has 3 atom stereocenters. The molecule has 1 aliphatic heterocycles. The van der Waals surface area contributed by atoms with Crippen LogP contribution in [0.25, 0.3) is 17.0 Å². The molecule has 3 heterocycles. The molecule has 0 amide bonds. The van der Waals surface area contributed by atoms with Crippen LogP contribution >= 0.6 is 0 Å². The summed E-state index contributed by atoms with van der Waals surface area (Å²) in [5, 5.41) is 44.6. The molecule has 4 aromatic rings. The number of nitrogens with one attached hydrogen (secondary N) is 2. The van der Waals surface area contributed by atoms with Crippen molar-refractivity contribution < 1.29 is 30.0 Å². The van der Waals surface area contributed by atoms with Gasteiger partial charge in [0.2, 0.25) is 0 Å². The molecule has 0 aliphatic carbocycles. The van der Waals surface area contributed by atoms with Gasteiger partial charge in [-0.1, -0.05) is 31.5 Å². The summed E-state index contributed by atoms with van der Waals surface area (Å²) >= 11 is 0. The van der Waals surface area contributed by atoms with Crippen LogP contribution in [-0.2, 0) is 31.0 Å². The van der Waals surface area contributed by atoms with E-state index >= 15 is 0 Å². The minimum atomic E-state index is -0.849. The van der Waals surface area contributed by atoms with Crippen molar-refractivity contribution >= 4 is 22.8 Å². The maximum absolute atomic E-state index is 12.4. The molecule has 0 spiro atoms. The van der Waals surface area contributed by atoms with E-state index in [1.807, 2.05) is 54.5 Å². The molecule has 44 heavy (non-hydrogen) atoms. The molecule has 10 nitrogen and oxygen atoms in total. The van der Waals surface area contributed by atoms with E-state index < -0.39 is 12.2 Å². The number of aromatic amines is 1. The fraction of sp³-hybridized carbons (Fsp3) is 0.382. The number of aromatic hydroxyl groups is 1. The molecule has 5 rings (SSSR count). The Balaban J connectivity index is 1.22. The topological polar surface area (TPSA) is 166 Å². The normalized spacial score (nSPS) is 15.6. The number of phenolic OH excluding ortho intramolecular Hbond substituents is 1. The van der Waals surface area contributed by atoms with Crippen molar-refractivity contribution in [2.75, 3.05) is 0 Å². The molecule has 2 aromatic heterocycles. The van der Waals surface area contributed by atoms with Gasteiger partial charge in [0.15, 0.2) is 18.2 Å². The zero-order chi connectivity index (χ0) is 31.2. The Morgan fingerprint density at radius 3 is 2.77 bits per heavy atom. The van der Waals surface area contributed by atoms with Crippen LogP contribution in [0.2, 0.25) is 0 Å². The largest absolute Gasteiger partial charge is 0.504 e. The second-order valence-electron chi connectivity index (χ2n) is 11.6. The summed E-state index contributed by atoms with van der Waals surface area (Å²) in [4.78, 5) is 15.7. The number of aliphatic hydroxyl groups is 3. The van der Waals surface area contributed by atoms with Crippen LogP contribution in [0.3, 0.4) is 0 Å². The number of rotatable bonds is 15. The molecular formula is C34H42N4O6. The minimum absolute atomic E-state index is 0.00459. The van der Waals surface area contributed by atoms with Crippen molar-refractivity contribution in [1.82, 2.24) is 14.9 Å². The molecule has 0 unspecified atom stereocenters. The molecule has 0 bridgehead atoms. The summed E-state index contributed by atoms with van der Waals surface area (Å²) in [5.74, 6) is 0.244. The van der Waals surface area contributed by atoms with E-state index in [2.05, 4.69) is 10.3 Å². The van der Waals surface area contributed by atoms with Crippen LogP contribution in [0.15, 0.2) is 55.1 Å². The molecule has 10 heteroatoms. The number of hydrogen-bond donors (Lipinski definition) is 7. The van der Waals surface area contributed by atoms with Crippen molar-refractivity contribution in [2.24, 2.45) is 5.73 Å². The second kappa shape index (κ2) is 14.1. The zero-order valence-electron chi connectivity index (χ0n) is 25.0. The van der Waals surface area contributed by atoms with Crippen LogP contribution in [0, 0.1) is 0 Å². The van der Waals surface area contributed by atoms with Crippen LogP contribution in [0.1, 0.15) is 78.6 Å². The number of phenols is 1. The van der Waals surface area contributed by atoms with E-state index in [1.165, 1.54) is 0 Å². The Morgan fingerprint density at radius 1 is 1.14 bits per heavy atom. The standard InChI is InChI=1S/C34H42N4O6/c1-2-3-24(40)14-26(42)15-25(41)7-4-21-5-9-32(43)33(12-21)44-20-38-17-30-23(16-37-31(30)18-38)13-29-22(19-39)6-8-28-27(29)10-11-36-34(28)35/h5-6,8-12,16-18,24,26,34,36-37,39-40,42-43H,2-4,7,13-15,19-20,35H2,1H3/t24-,26+,34+/m0/s1. The van der Waals surface area contributed by atoms with Crippen molar-refractivity contribution in [3.05, 3.63) is 88.5 Å².